The van der Waals surface area contributed by atoms with E-state index in [0.29, 0.717) is 22.8 Å². The van der Waals surface area contributed by atoms with Gasteiger partial charge in [-0.2, -0.15) is 0 Å². The molecular weight excluding hydrogens is 459 g/mol. The summed E-state index contributed by atoms with van der Waals surface area (Å²) in [7, 11) is 1.72. The zero-order chi connectivity index (χ0) is 24.7. The molecule has 1 aliphatic rings. The average Bonchev–Trinajstić information content (AvgIpc) is 3.65. The number of amides is 2. The third-order valence-corrected chi connectivity index (χ3v) is 5.81. The number of rotatable bonds is 5. The summed E-state index contributed by atoms with van der Waals surface area (Å²) >= 11 is 0. The minimum atomic E-state index is -1.03. The zero-order valence-electron chi connectivity index (χ0n) is 18.5. The van der Waals surface area contributed by atoms with Gasteiger partial charge in [0.25, 0.3) is 5.56 Å². The second-order valence-corrected chi connectivity index (χ2v) is 8.27. The Labute approximate surface area is 197 Å². The number of carbonyl (C=O) groups is 1. The van der Waals surface area contributed by atoms with Crippen LogP contribution in [0.25, 0.3) is 16.5 Å². The van der Waals surface area contributed by atoms with Gasteiger partial charge in [-0.15, -0.1) is 0 Å². The van der Waals surface area contributed by atoms with Crippen molar-refractivity contribution in [3.63, 3.8) is 0 Å². The van der Waals surface area contributed by atoms with Gasteiger partial charge in [-0.3, -0.25) is 9.36 Å². The summed E-state index contributed by atoms with van der Waals surface area (Å²) in [6, 6.07) is 7.73. The van der Waals surface area contributed by atoms with Crippen molar-refractivity contribution in [2.75, 3.05) is 23.0 Å². The number of carbonyl (C=O) groups excluding carboxylic acids is 1. The lowest BCUT2D eigenvalue weighted by atomic mass is 10.0. The second-order valence-electron chi connectivity index (χ2n) is 8.27. The molecular formula is C25H20F3N5O2. The van der Waals surface area contributed by atoms with E-state index < -0.39 is 29.0 Å². The Morgan fingerprint density at radius 1 is 1.06 bits per heavy atom. The molecule has 4 aromatic rings. The smallest absolute Gasteiger partial charge is 0.323 e. The number of hydrogen-bond donors (Lipinski definition) is 3. The number of halogens is 3. The molecule has 0 aliphatic heterocycles. The molecule has 1 fully saturated rings. The lowest BCUT2D eigenvalue weighted by Gasteiger charge is -2.15. The molecule has 1 aliphatic carbocycles. The van der Waals surface area contributed by atoms with E-state index in [0.717, 1.165) is 34.9 Å². The summed E-state index contributed by atoms with van der Waals surface area (Å²) in [5, 5.41) is 8.95. The number of hydrogen-bond acceptors (Lipinski definition) is 4. The summed E-state index contributed by atoms with van der Waals surface area (Å²) in [5.74, 6) is -1.92. The maximum absolute atomic E-state index is 14.9. The molecule has 10 heteroatoms. The summed E-state index contributed by atoms with van der Waals surface area (Å²) in [4.78, 5) is 30.1. The van der Waals surface area contributed by atoms with Gasteiger partial charge in [0.15, 0.2) is 0 Å². The molecule has 3 N–H and O–H groups in total. The van der Waals surface area contributed by atoms with Crippen LogP contribution in [0.15, 0.2) is 59.7 Å². The number of aromatic nitrogens is 2. The first kappa shape index (κ1) is 22.5. The van der Waals surface area contributed by atoms with E-state index in [4.69, 9.17) is 0 Å². The number of urea groups is 1. The normalized spacial score (nSPS) is 13.0. The number of fused-ring (bicyclic) bond motifs is 1. The Morgan fingerprint density at radius 2 is 1.86 bits per heavy atom. The molecule has 35 heavy (non-hydrogen) atoms. The van der Waals surface area contributed by atoms with E-state index in [1.54, 1.807) is 19.3 Å². The van der Waals surface area contributed by atoms with Gasteiger partial charge in [0, 0.05) is 42.1 Å². The van der Waals surface area contributed by atoms with Crippen LogP contribution in [0.2, 0.25) is 0 Å². The molecule has 1 saturated carbocycles. The van der Waals surface area contributed by atoms with Crippen molar-refractivity contribution >= 4 is 34.0 Å². The Kier molecular flexibility index (Phi) is 5.64. The SMILES string of the molecule is CNc1cc2c(C3CC3)c(=O)n(-c3cc(NC(=O)Nc4cccc(F)c4)c(F)cc3F)cc2cn1. The van der Waals surface area contributed by atoms with E-state index in [1.807, 2.05) is 0 Å². The first-order chi connectivity index (χ1) is 16.8. The van der Waals surface area contributed by atoms with Crippen LogP contribution in [0.4, 0.5) is 35.2 Å². The lowest BCUT2D eigenvalue weighted by molar-refractivity contribution is 0.262. The van der Waals surface area contributed by atoms with Crippen LogP contribution in [0.3, 0.4) is 0 Å². The molecule has 0 unspecified atom stereocenters. The maximum Gasteiger partial charge on any atom is 0.323 e. The van der Waals surface area contributed by atoms with Gasteiger partial charge in [-0.25, -0.2) is 22.9 Å². The fourth-order valence-corrected chi connectivity index (χ4v) is 4.00. The molecule has 0 atom stereocenters. The third kappa shape index (κ3) is 4.42. The molecule has 7 nitrogen and oxygen atoms in total. The van der Waals surface area contributed by atoms with Crippen molar-refractivity contribution in [1.82, 2.24) is 9.55 Å². The van der Waals surface area contributed by atoms with Crippen molar-refractivity contribution in [3.8, 4) is 5.69 Å². The first-order valence-corrected chi connectivity index (χ1v) is 10.9. The van der Waals surface area contributed by atoms with Crippen molar-refractivity contribution in [2.45, 2.75) is 18.8 Å². The first-order valence-electron chi connectivity index (χ1n) is 10.9. The number of pyridine rings is 2. The van der Waals surface area contributed by atoms with E-state index >= 15 is 0 Å². The molecule has 0 saturated heterocycles. The number of nitrogens with one attached hydrogen (secondary N) is 3. The Hall–Kier alpha value is -4.34. The molecule has 2 aromatic carbocycles. The monoisotopic (exact) mass is 479 g/mol. The minimum absolute atomic E-state index is 0.0442. The summed E-state index contributed by atoms with van der Waals surface area (Å²) in [5.41, 5.74) is -0.297. The minimum Gasteiger partial charge on any atom is -0.373 e. The van der Waals surface area contributed by atoms with Gasteiger partial charge < -0.3 is 16.0 Å². The second kappa shape index (κ2) is 8.79. The third-order valence-electron chi connectivity index (χ3n) is 5.81. The van der Waals surface area contributed by atoms with Crippen molar-refractivity contribution in [2.24, 2.45) is 0 Å². The highest BCUT2D eigenvalue weighted by Crippen LogP contribution is 2.41. The quantitative estimate of drug-likeness (QED) is 0.359. The highest BCUT2D eigenvalue weighted by molar-refractivity contribution is 6.00. The number of anilines is 3. The predicted molar refractivity (Wildman–Crippen MR) is 128 cm³/mol. The largest absolute Gasteiger partial charge is 0.373 e. The Morgan fingerprint density at radius 3 is 2.57 bits per heavy atom. The van der Waals surface area contributed by atoms with Gasteiger partial charge in [-0.1, -0.05) is 6.07 Å². The standard InChI is InChI=1S/C25H20F3N5O2/c1-29-22-8-17-14(11-30-22)12-33(24(34)23(17)13-5-6-13)21-10-20(18(27)9-19(21)28)32-25(35)31-16-4-2-3-15(26)7-16/h2-4,7-13,29H,5-6H2,1H3,(H2,31,32,35). The summed E-state index contributed by atoms with van der Waals surface area (Å²) in [6.45, 7) is 0. The molecule has 2 amide bonds. The zero-order valence-corrected chi connectivity index (χ0v) is 18.5. The fraction of sp³-hybridized carbons (Fsp3) is 0.160. The molecule has 0 radical (unpaired) electrons. The maximum atomic E-state index is 14.9. The van der Waals surface area contributed by atoms with Gasteiger partial charge in [0.2, 0.25) is 0 Å². The van der Waals surface area contributed by atoms with Crippen LogP contribution < -0.4 is 21.5 Å². The van der Waals surface area contributed by atoms with E-state index in [9.17, 15) is 22.8 Å². The summed E-state index contributed by atoms with van der Waals surface area (Å²) < 4.78 is 43.9. The van der Waals surface area contributed by atoms with Gasteiger partial charge >= 0.3 is 6.03 Å². The number of nitrogens with zero attached hydrogens (tertiary/aromatic N) is 2. The van der Waals surface area contributed by atoms with E-state index in [-0.39, 0.29) is 23.0 Å². The van der Waals surface area contributed by atoms with Gasteiger partial charge in [0.1, 0.15) is 23.3 Å². The highest BCUT2D eigenvalue weighted by atomic mass is 19.1. The van der Waals surface area contributed by atoms with Crippen molar-refractivity contribution in [1.29, 1.82) is 0 Å². The molecule has 0 spiro atoms. The van der Waals surface area contributed by atoms with E-state index in [2.05, 4.69) is 20.9 Å². The molecule has 0 bridgehead atoms. The predicted octanol–water partition coefficient (Wildman–Crippen LogP) is 5.37. The van der Waals surface area contributed by atoms with Crippen molar-refractivity contribution in [3.05, 3.63) is 88.2 Å². The van der Waals surface area contributed by atoms with Crippen LogP contribution in [-0.2, 0) is 0 Å². The van der Waals surface area contributed by atoms with Crippen LogP contribution in [-0.4, -0.2) is 22.6 Å². The lowest BCUT2D eigenvalue weighted by Crippen LogP contribution is -2.24. The molecule has 178 valence electrons. The highest BCUT2D eigenvalue weighted by Gasteiger charge is 2.30. The molecule has 2 heterocycles. The Bertz CT molecular complexity index is 1530. The van der Waals surface area contributed by atoms with Crippen LogP contribution in [0, 0.1) is 17.5 Å². The van der Waals surface area contributed by atoms with Gasteiger partial charge in [0.05, 0.1) is 11.4 Å². The number of benzene rings is 2. The van der Waals surface area contributed by atoms with Crippen LogP contribution >= 0.6 is 0 Å². The van der Waals surface area contributed by atoms with Gasteiger partial charge in [-0.05, 0) is 54.5 Å². The Balaban J connectivity index is 1.55. The topological polar surface area (TPSA) is 88.0 Å². The van der Waals surface area contributed by atoms with Crippen LogP contribution in [0.5, 0.6) is 0 Å². The van der Waals surface area contributed by atoms with Crippen molar-refractivity contribution < 1.29 is 18.0 Å². The van der Waals surface area contributed by atoms with Crippen LogP contribution in [0.1, 0.15) is 24.3 Å². The molecule has 5 rings (SSSR count). The van der Waals surface area contributed by atoms with E-state index in [1.165, 1.54) is 24.4 Å². The summed E-state index contributed by atoms with van der Waals surface area (Å²) in [6.07, 6.45) is 4.70. The average molecular weight is 479 g/mol. The molecule has 2 aromatic heterocycles. The fourth-order valence-electron chi connectivity index (χ4n) is 4.00.